The number of unbranched alkanes of at least 4 members (excludes halogenated alkanes) is 1. The molecule has 0 saturated heterocycles. The molecular weight excluding hydrogens is 431 g/mol. The number of halogens is 1. The first-order valence-corrected chi connectivity index (χ1v) is 8.44. The summed E-state index contributed by atoms with van der Waals surface area (Å²) >= 11 is 0. The van der Waals surface area contributed by atoms with Gasteiger partial charge in [-0.2, -0.15) is 0 Å². The number of amides is 1. The number of carbonyl (C=O) groups excluding carboxylic acids is 1. The molecule has 1 atom stereocenters. The molecule has 0 aliphatic carbocycles. The van der Waals surface area contributed by atoms with Gasteiger partial charge in [-0.25, -0.2) is 0 Å². The van der Waals surface area contributed by atoms with Crippen LogP contribution in [0, 0.1) is 0 Å². The molecule has 0 radical (unpaired) electrons. The molecule has 0 aliphatic heterocycles. The van der Waals surface area contributed by atoms with Crippen LogP contribution in [0.5, 0.6) is 0 Å². The summed E-state index contributed by atoms with van der Waals surface area (Å²) in [6.45, 7) is 6.11. The molecule has 0 aromatic heterocycles. The number of hydrogen-bond donors (Lipinski definition) is 3. The van der Waals surface area contributed by atoms with Gasteiger partial charge in [-0.1, -0.05) is 25.5 Å². The van der Waals surface area contributed by atoms with E-state index in [1.807, 2.05) is 31.2 Å². The third-order valence-electron chi connectivity index (χ3n) is 3.52. The van der Waals surface area contributed by atoms with Crippen molar-refractivity contribution in [3.63, 3.8) is 0 Å². The number of aliphatic imine (C=N–C) groups is 1. The maximum absolute atomic E-state index is 12.0. The standard InChI is InChI=1S/C18H30N4O2.HI/c1-5-6-11-20-17(23)16-9-7-15(8-10-16)12-21-18(19-3)22-14(2)13-24-4;/h7-10,14H,5-6,11-13H2,1-4H3,(H,20,23)(H2,19,21,22);1H. The Labute approximate surface area is 168 Å². The first-order valence-electron chi connectivity index (χ1n) is 8.44. The van der Waals surface area contributed by atoms with Gasteiger partial charge in [0.25, 0.3) is 5.91 Å². The van der Waals surface area contributed by atoms with Crippen molar-refractivity contribution in [3.8, 4) is 0 Å². The van der Waals surface area contributed by atoms with E-state index in [1.165, 1.54) is 0 Å². The van der Waals surface area contributed by atoms with Gasteiger partial charge in [-0.3, -0.25) is 9.79 Å². The van der Waals surface area contributed by atoms with E-state index < -0.39 is 0 Å². The zero-order valence-corrected chi connectivity index (χ0v) is 17.9. The summed E-state index contributed by atoms with van der Waals surface area (Å²) in [4.78, 5) is 16.1. The number of rotatable bonds is 9. The molecule has 0 aliphatic rings. The zero-order valence-electron chi connectivity index (χ0n) is 15.6. The summed E-state index contributed by atoms with van der Waals surface area (Å²) in [5, 5.41) is 9.41. The summed E-state index contributed by atoms with van der Waals surface area (Å²) < 4.78 is 5.10. The molecule has 0 saturated carbocycles. The van der Waals surface area contributed by atoms with Crippen LogP contribution in [-0.4, -0.2) is 45.2 Å². The van der Waals surface area contributed by atoms with Crippen molar-refractivity contribution >= 4 is 35.8 Å². The van der Waals surface area contributed by atoms with E-state index in [-0.39, 0.29) is 35.9 Å². The molecule has 1 amide bonds. The number of nitrogens with one attached hydrogen (secondary N) is 3. The van der Waals surface area contributed by atoms with Gasteiger partial charge in [0.15, 0.2) is 5.96 Å². The number of guanidine groups is 1. The van der Waals surface area contributed by atoms with E-state index in [2.05, 4.69) is 27.9 Å². The van der Waals surface area contributed by atoms with E-state index in [1.54, 1.807) is 14.2 Å². The predicted octanol–water partition coefficient (Wildman–Crippen LogP) is 2.53. The lowest BCUT2D eigenvalue weighted by Gasteiger charge is -2.17. The van der Waals surface area contributed by atoms with Crippen LogP contribution in [0.4, 0.5) is 0 Å². The molecule has 1 aromatic rings. The van der Waals surface area contributed by atoms with Crippen molar-refractivity contribution in [2.24, 2.45) is 4.99 Å². The van der Waals surface area contributed by atoms with Gasteiger partial charge in [0.05, 0.1) is 6.61 Å². The highest BCUT2D eigenvalue weighted by molar-refractivity contribution is 14.0. The predicted molar refractivity (Wildman–Crippen MR) is 114 cm³/mol. The minimum atomic E-state index is -0.0196. The number of hydrogen-bond acceptors (Lipinski definition) is 3. The van der Waals surface area contributed by atoms with Crippen molar-refractivity contribution < 1.29 is 9.53 Å². The van der Waals surface area contributed by atoms with E-state index >= 15 is 0 Å². The molecule has 1 aromatic carbocycles. The quantitative estimate of drug-likeness (QED) is 0.228. The zero-order chi connectivity index (χ0) is 17.8. The summed E-state index contributed by atoms with van der Waals surface area (Å²) in [6.07, 6.45) is 2.07. The van der Waals surface area contributed by atoms with E-state index in [0.29, 0.717) is 18.7 Å². The third kappa shape index (κ3) is 9.64. The molecule has 0 heterocycles. The lowest BCUT2D eigenvalue weighted by molar-refractivity contribution is 0.0953. The molecular formula is C18H31IN4O2. The highest BCUT2D eigenvalue weighted by atomic mass is 127. The normalized spacial score (nSPS) is 12.1. The fourth-order valence-corrected chi connectivity index (χ4v) is 2.16. The van der Waals surface area contributed by atoms with Crippen molar-refractivity contribution in [3.05, 3.63) is 35.4 Å². The van der Waals surface area contributed by atoms with E-state index in [4.69, 9.17) is 4.74 Å². The molecule has 6 nitrogen and oxygen atoms in total. The Balaban J connectivity index is 0.00000576. The Bertz CT molecular complexity index is 520. The summed E-state index contributed by atoms with van der Waals surface area (Å²) in [5.41, 5.74) is 1.77. The molecule has 142 valence electrons. The van der Waals surface area contributed by atoms with Crippen LogP contribution in [0.3, 0.4) is 0 Å². The Morgan fingerprint density at radius 1 is 1.24 bits per heavy atom. The van der Waals surface area contributed by atoms with E-state index in [9.17, 15) is 4.79 Å². The van der Waals surface area contributed by atoms with Crippen LogP contribution in [0.25, 0.3) is 0 Å². The van der Waals surface area contributed by atoms with Crippen LogP contribution >= 0.6 is 24.0 Å². The molecule has 7 heteroatoms. The van der Waals surface area contributed by atoms with Gasteiger partial charge in [-0.15, -0.1) is 24.0 Å². The van der Waals surface area contributed by atoms with Gasteiger partial charge in [-0.05, 0) is 31.0 Å². The Morgan fingerprint density at radius 2 is 1.92 bits per heavy atom. The number of ether oxygens (including phenoxy) is 1. The van der Waals surface area contributed by atoms with Crippen molar-refractivity contribution in [1.82, 2.24) is 16.0 Å². The van der Waals surface area contributed by atoms with Gasteiger partial charge in [0, 0.05) is 38.9 Å². The SMILES string of the molecule is CCCCNC(=O)c1ccc(CNC(=NC)NC(C)COC)cc1.I. The van der Waals surface area contributed by atoms with Gasteiger partial charge in [0.2, 0.25) is 0 Å². The minimum absolute atomic E-state index is 0. The second-order valence-corrected chi connectivity index (χ2v) is 5.73. The molecule has 3 N–H and O–H groups in total. The van der Waals surface area contributed by atoms with Crippen LogP contribution in [0.15, 0.2) is 29.3 Å². The molecule has 0 fully saturated rings. The summed E-state index contributed by atoms with van der Waals surface area (Å²) in [6, 6.07) is 7.78. The number of nitrogens with zero attached hydrogens (tertiary/aromatic N) is 1. The van der Waals surface area contributed by atoms with Crippen molar-refractivity contribution in [1.29, 1.82) is 0 Å². The lowest BCUT2D eigenvalue weighted by Crippen LogP contribution is -2.43. The summed E-state index contributed by atoms with van der Waals surface area (Å²) in [7, 11) is 3.41. The molecule has 25 heavy (non-hydrogen) atoms. The number of benzene rings is 1. The topological polar surface area (TPSA) is 74.8 Å². The van der Waals surface area contributed by atoms with Crippen molar-refractivity contribution in [2.75, 3.05) is 27.3 Å². The second-order valence-electron chi connectivity index (χ2n) is 5.73. The highest BCUT2D eigenvalue weighted by Gasteiger charge is 2.06. The van der Waals surface area contributed by atoms with Crippen LogP contribution < -0.4 is 16.0 Å². The van der Waals surface area contributed by atoms with Crippen molar-refractivity contribution in [2.45, 2.75) is 39.3 Å². The molecule has 0 spiro atoms. The highest BCUT2D eigenvalue weighted by Crippen LogP contribution is 2.04. The minimum Gasteiger partial charge on any atom is -0.383 e. The third-order valence-corrected chi connectivity index (χ3v) is 3.52. The lowest BCUT2D eigenvalue weighted by atomic mass is 10.1. The average Bonchev–Trinajstić information content (AvgIpc) is 2.59. The summed E-state index contributed by atoms with van der Waals surface area (Å²) in [5.74, 6) is 0.703. The Hall–Kier alpha value is -1.35. The Morgan fingerprint density at radius 3 is 2.48 bits per heavy atom. The average molecular weight is 462 g/mol. The first-order chi connectivity index (χ1) is 11.6. The van der Waals surface area contributed by atoms with Gasteiger partial charge < -0.3 is 20.7 Å². The Kier molecular flexibility index (Phi) is 13.1. The smallest absolute Gasteiger partial charge is 0.251 e. The first kappa shape index (κ1) is 23.6. The monoisotopic (exact) mass is 462 g/mol. The fourth-order valence-electron chi connectivity index (χ4n) is 2.16. The second kappa shape index (κ2) is 13.9. The van der Waals surface area contributed by atoms with E-state index in [0.717, 1.165) is 30.9 Å². The molecule has 0 bridgehead atoms. The van der Waals surface area contributed by atoms with Crippen LogP contribution in [-0.2, 0) is 11.3 Å². The largest absolute Gasteiger partial charge is 0.383 e. The van der Waals surface area contributed by atoms with Gasteiger partial charge in [0.1, 0.15) is 0 Å². The van der Waals surface area contributed by atoms with Crippen LogP contribution in [0.1, 0.15) is 42.6 Å². The van der Waals surface area contributed by atoms with Gasteiger partial charge >= 0.3 is 0 Å². The molecule has 1 rings (SSSR count). The maximum Gasteiger partial charge on any atom is 0.251 e. The maximum atomic E-state index is 12.0. The number of methoxy groups -OCH3 is 1. The van der Waals surface area contributed by atoms with Crippen LogP contribution in [0.2, 0.25) is 0 Å². The molecule has 1 unspecified atom stereocenters. The number of carbonyl (C=O) groups is 1. The fraction of sp³-hybridized carbons (Fsp3) is 0.556.